The van der Waals surface area contributed by atoms with Gasteiger partial charge in [-0.15, -0.1) is 6.42 Å². The second kappa shape index (κ2) is 6.11. The summed E-state index contributed by atoms with van der Waals surface area (Å²) in [7, 11) is 0. The number of H-pyrrole nitrogens is 1. The van der Waals surface area contributed by atoms with Gasteiger partial charge in [-0.1, -0.05) is 5.92 Å². The number of hydrogen-bond acceptors (Lipinski definition) is 4. The van der Waals surface area contributed by atoms with Crippen LogP contribution in [-0.2, 0) is 6.54 Å². The number of carbonyl (C=O) groups excluding carboxylic acids is 1. The molecule has 2 aromatic heterocycles. The average Bonchev–Trinajstić information content (AvgIpc) is 2.92. The van der Waals surface area contributed by atoms with Crippen molar-refractivity contribution >= 4 is 22.5 Å². The van der Waals surface area contributed by atoms with Gasteiger partial charge in [-0.2, -0.15) is 5.26 Å². The van der Waals surface area contributed by atoms with E-state index < -0.39 is 11.5 Å². The molecule has 3 aromatic rings. The van der Waals surface area contributed by atoms with Gasteiger partial charge in [-0.3, -0.25) is 9.59 Å². The topological polar surface area (TPSA) is 104 Å². The summed E-state index contributed by atoms with van der Waals surface area (Å²) in [6.07, 6.45) is 8.16. The maximum atomic E-state index is 12.1. The van der Waals surface area contributed by atoms with Crippen LogP contribution in [0, 0.1) is 23.7 Å². The molecule has 0 unspecified atom stereocenters. The van der Waals surface area contributed by atoms with Crippen LogP contribution >= 0.6 is 0 Å². The fourth-order valence-corrected chi connectivity index (χ4v) is 2.38. The molecule has 3 rings (SSSR count). The van der Waals surface area contributed by atoms with Crippen LogP contribution in [0.25, 0.3) is 10.9 Å². The number of hydrogen-bond donors (Lipinski definition) is 2. The summed E-state index contributed by atoms with van der Waals surface area (Å²) in [5.74, 6) is 2.02. The number of fused-ring (bicyclic) bond motifs is 1. The van der Waals surface area contributed by atoms with Crippen LogP contribution in [0.3, 0.4) is 0 Å². The maximum absolute atomic E-state index is 12.1. The Balaban J connectivity index is 1.97. The van der Waals surface area contributed by atoms with E-state index in [1.807, 2.05) is 0 Å². The van der Waals surface area contributed by atoms with Crippen LogP contribution in [0.5, 0.6) is 0 Å². The standard InChI is InChI=1S/C17H11N5O2/c1-2-5-22-9-11(8-18)13-6-12(3-4-15(13)22)21-17(24)14-7-16(23)20-10-19-14/h1,3-4,6-7,9-10H,5H2,(H,21,24)(H,19,20,23). The van der Waals surface area contributed by atoms with Gasteiger partial charge in [-0.25, -0.2) is 4.98 Å². The molecule has 7 heteroatoms. The first kappa shape index (κ1) is 15.1. The van der Waals surface area contributed by atoms with Crippen molar-refractivity contribution < 1.29 is 4.79 Å². The van der Waals surface area contributed by atoms with Crippen LogP contribution < -0.4 is 10.9 Å². The van der Waals surface area contributed by atoms with E-state index >= 15 is 0 Å². The van der Waals surface area contributed by atoms with E-state index in [2.05, 4.69) is 27.3 Å². The van der Waals surface area contributed by atoms with Gasteiger partial charge in [0.2, 0.25) is 0 Å². The van der Waals surface area contributed by atoms with E-state index in [0.717, 1.165) is 17.9 Å². The van der Waals surface area contributed by atoms with Crippen molar-refractivity contribution in [3.8, 4) is 18.4 Å². The van der Waals surface area contributed by atoms with Crippen molar-refractivity contribution in [2.24, 2.45) is 0 Å². The Labute approximate surface area is 136 Å². The molecule has 7 nitrogen and oxygen atoms in total. The van der Waals surface area contributed by atoms with Crippen LogP contribution in [0.1, 0.15) is 16.1 Å². The lowest BCUT2D eigenvalue weighted by Crippen LogP contribution is -2.17. The summed E-state index contributed by atoms with van der Waals surface area (Å²) in [6.45, 7) is 0.348. The Hall–Kier alpha value is -3.84. The number of rotatable bonds is 3. The third-order valence-electron chi connectivity index (χ3n) is 3.43. The molecule has 0 aliphatic heterocycles. The van der Waals surface area contributed by atoms with E-state index in [0.29, 0.717) is 23.2 Å². The third kappa shape index (κ3) is 2.74. The first-order chi connectivity index (χ1) is 11.6. The molecule has 0 radical (unpaired) electrons. The Morgan fingerprint density at radius 1 is 1.42 bits per heavy atom. The lowest BCUT2D eigenvalue weighted by molar-refractivity contribution is 0.102. The van der Waals surface area contributed by atoms with Crippen LogP contribution in [0.15, 0.2) is 41.6 Å². The summed E-state index contributed by atoms with van der Waals surface area (Å²) >= 11 is 0. The van der Waals surface area contributed by atoms with Crippen molar-refractivity contribution in [1.82, 2.24) is 14.5 Å². The number of benzene rings is 1. The first-order valence-electron chi connectivity index (χ1n) is 6.95. The molecule has 116 valence electrons. The van der Waals surface area contributed by atoms with Gasteiger partial charge < -0.3 is 14.9 Å². The van der Waals surface area contributed by atoms with Gasteiger partial charge >= 0.3 is 0 Å². The summed E-state index contributed by atoms with van der Waals surface area (Å²) in [5.41, 5.74) is 1.35. The second-order valence-corrected chi connectivity index (χ2v) is 4.97. The van der Waals surface area contributed by atoms with E-state index in [1.54, 1.807) is 29.0 Å². The molecule has 0 fully saturated rings. The molecule has 24 heavy (non-hydrogen) atoms. The molecular formula is C17H11N5O2. The average molecular weight is 317 g/mol. The molecule has 0 spiro atoms. The zero-order valence-corrected chi connectivity index (χ0v) is 12.4. The highest BCUT2D eigenvalue weighted by molar-refractivity contribution is 6.04. The highest BCUT2D eigenvalue weighted by Crippen LogP contribution is 2.24. The fourth-order valence-electron chi connectivity index (χ4n) is 2.38. The highest BCUT2D eigenvalue weighted by Gasteiger charge is 2.12. The molecule has 0 saturated heterocycles. The summed E-state index contributed by atoms with van der Waals surface area (Å²) in [5, 5.41) is 12.6. The van der Waals surface area contributed by atoms with Crippen LogP contribution in [0.4, 0.5) is 5.69 Å². The van der Waals surface area contributed by atoms with Crippen molar-refractivity contribution in [2.45, 2.75) is 6.54 Å². The predicted octanol–water partition coefficient (Wildman–Crippen LogP) is 1.48. The normalized spacial score (nSPS) is 10.1. The number of carbonyl (C=O) groups is 1. The smallest absolute Gasteiger partial charge is 0.274 e. The highest BCUT2D eigenvalue weighted by atomic mass is 16.2. The van der Waals surface area contributed by atoms with Gasteiger partial charge in [0.25, 0.3) is 11.5 Å². The molecule has 2 N–H and O–H groups in total. The lowest BCUT2D eigenvalue weighted by atomic mass is 10.1. The molecule has 0 saturated carbocycles. The number of nitriles is 1. The molecule has 0 aliphatic carbocycles. The van der Waals surface area contributed by atoms with Gasteiger partial charge in [0, 0.05) is 23.3 Å². The number of nitrogens with one attached hydrogen (secondary N) is 2. The number of amides is 1. The van der Waals surface area contributed by atoms with Crippen molar-refractivity contribution in [2.75, 3.05) is 5.32 Å². The minimum atomic E-state index is -0.512. The van der Waals surface area contributed by atoms with Gasteiger partial charge in [-0.05, 0) is 18.2 Å². The van der Waals surface area contributed by atoms with Crippen molar-refractivity contribution in [3.63, 3.8) is 0 Å². The van der Waals surface area contributed by atoms with Crippen molar-refractivity contribution in [1.29, 1.82) is 5.26 Å². The summed E-state index contributed by atoms with van der Waals surface area (Å²) < 4.78 is 1.79. The zero-order valence-electron chi connectivity index (χ0n) is 12.4. The maximum Gasteiger partial charge on any atom is 0.274 e. The van der Waals surface area contributed by atoms with Gasteiger partial charge in [0.05, 0.1) is 24.0 Å². The lowest BCUT2D eigenvalue weighted by Gasteiger charge is -2.05. The Bertz CT molecular complexity index is 1080. The minimum absolute atomic E-state index is 0.00394. The minimum Gasteiger partial charge on any atom is -0.334 e. The van der Waals surface area contributed by atoms with E-state index in [4.69, 9.17) is 6.42 Å². The Kier molecular flexibility index (Phi) is 3.84. The van der Waals surface area contributed by atoms with Gasteiger partial charge in [0.1, 0.15) is 11.8 Å². The van der Waals surface area contributed by atoms with Crippen LogP contribution in [-0.4, -0.2) is 20.4 Å². The third-order valence-corrected chi connectivity index (χ3v) is 3.43. The Morgan fingerprint density at radius 3 is 2.96 bits per heavy atom. The number of aromatic nitrogens is 3. The quantitative estimate of drug-likeness (QED) is 0.714. The molecular weight excluding hydrogens is 306 g/mol. The molecule has 2 heterocycles. The number of aromatic amines is 1. The molecule has 1 amide bonds. The first-order valence-corrected chi connectivity index (χ1v) is 6.95. The number of terminal acetylenes is 1. The number of nitrogens with zero attached hydrogens (tertiary/aromatic N) is 3. The largest absolute Gasteiger partial charge is 0.334 e. The predicted molar refractivity (Wildman–Crippen MR) is 88.3 cm³/mol. The summed E-state index contributed by atoms with van der Waals surface area (Å²) in [6, 6.07) is 8.37. The fraction of sp³-hybridized carbons (Fsp3) is 0.0588. The van der Waals surface area contributed by atoms with E-state index in [1.165, 1.54) is 0 Å². The van der Waals surface area contributed by atoms with Gasteiger partial charge in [0.15, 0.2) is 0 Å². The van der Waals surface area contributed by atoms with E-state index in [9.17, 15) is 14.9 Å². The summed E-state index contributed by atoms with van der Waals surface area (Å²) in [4.78, 5) is 29.5. The SMILES string of the molecule is C#CCn1cc(C#N)c2cc(NC(=O)c3cc(=O)[nH]cn3)ccc21. The monoisotopic (exact) mass is 317 g/mol. The van der Waals surface area contributed by atoms with Crippen LogP contribution in [0.2, 0.25) is 0 Å². The zero-order chi connectivity index (χ0) is 17.1. The number of anilines is 1. The second-order valence-electron chi connectivity index (χ2n) is 4.97. The van der Waals surface area contributed by atoms with E-state index in [-0.39, 0.29) is 5.69 Å². The Morgan fingerprint density at radius 2 is 2.25 bits per heavy atom. The molecule has 1 aromatic carbocycles. The van der Waals surface area contributed by atoms with Crippen molar-refractivity contribution in [3.05, 3.63) is 58.4 Å². The molecule has 0 atom stereocenters. The molecule has 0 aliphatic rings. The molecule has 0 bridgehead atoms.